The van der Waals surface area contributed by atoms with E-state index in [4.69, 9.17) is 0 Å². The van der Waals surface area contributed by atoms with Crippen molar-refractivity contribution in [2.45, 2.75) is 69.6 Å². The highest BCUT2D eigenvalue weighted by Gasteiger charge is 2.43. The summed E-state index contributed by atoms with van der Waals surface area (Å²) in [6.45, 7) is 0. The molecule has 4 nitrogen and oxygen atoms in total. The average molecular weight is 580 g/mol. The molecule has 1 aliphatic rings. The first-order chi connectivity index (χ1) is 15.9. The molecule has 0 saturated carbocycles. The Hall–Kier alpha value is -0.630. The van der Waals surface area contributed by atoms with Crippen molar-refractivity contribution in [3.63, 3.8) is 0 Å². The number of rotatable bonds is 14. The first kappa shape index (κ1) is 27.0. The molecule has 0 amide bonds. The predicted molar refractivity (Wildman–Crippen MR) is 146 cm³/mol. The third-order valence-corrected chi connectivity index (χ3v) is 8.10. The zero-order chi connectivity index (χ0) is 23.8. The van der Waals surface area contributed by atoms with Crippen LogP contribution in [0.2, 0.25) is 0 Å². The van der Waals surface area contributed by atoms with Gasteiger partial charge in [-0.1, -0.05) is 107 Å². The van der Waals surface area contributed by atoms with Crippen LogP contribution in [0.15, 0.2) is 36.4 Å². The normalized spacial score (nSPS) is 13.6. The highest BCUT2D eigenvalue weighted by atomic mass is 79.9. The van der Waals surface area contributed by atoms with Crippen molar-refractivity contribution >= 4 is 57.0 Å². The van der Waals surface area contributed by atoms with Gasteiger partial charge in [0.25, 0.3) is 0 Å². The molecule has 33 heavy (non-hydrogen) atoms. The van der Waals surface area contributed by atoms with Crippen LogP contribution in [0, 0.1) is 0 Å². The number of hydrogen-bond donors (Lipinski definition) is 4. The average Bonchev–Trinajstić information content (AvgIpc) is 3.07. The van der Waals surface area contributed by atoms with E-state index in [2.05, 4.69) is 31.9 Å². The van der Waals surface area contributed by atoms with Gasteiger partial charge in [0.1, 0.15) is 0 Å². The molecule has 0 saturated heterocycles. The molecule has 2 aromatic carbocycles. The summed E-state index contributed by atoms with van der Waals surface area (Å²) in [5.41, 5.74) is 5.29. The maximum atomic E-state index is 9.89. The highest BCUT2D eigenvalue weighted by Crippen LogP contribution is 2.53. The van der Waals surface area contributed by atoms with Crippen LogP contribution in [-0.4, -0.2) is 45.0 Å². The smallest absolute Gasteiger partial charge is 0.423 e. The van der Waals surface area contributed by atoms with Gasteiger partial charge in [0.2, 0.25) is 0 Å². The summed E-state index contributed by atoms with van der Waals surface area (Å²) >= 11 is 7.04. The Bertz CT molecular complexity index is 834. The summed E-state index contributed by atoms with van der Waals surface area (Å²) in [6.07, 6.45) is 11.0. The molecule has 0 bridgehead atoms. The maximum absolute atomic E-state index is 9.89. The predicted octanol–water partition coefficient (Wildman–Crippen LogP) is 4.00. The maximum Gasteiger partial charge on any atom is 0.488 e. The van der Waals surface area contributed by atoms with E-state index in [0.717, 1.165) is 84.3 Å². The quantitative estimate of drug-likeness (QED) is 0.155. The van der Waals surface area contributed by atoms with Crippen molar-refractivity contribution in [3.05, 3.63) is 47.5 Å². The molecular weight excluding hydrogens is 546 g/mol. The zero-order valence-electron chi connectivity index (χ0n) is 19.1. The summed E-state index contributed by atoms with van der Waals surface area (Å²) in [6, 6.07) is 11.5. The second-order valence-corrected chi connectivity index (χ2v) is 10.7. The number of unbranched alkanes of at least 4 members (excludes halogenated alkanes) is 6. The first-order valence-electron chi connectivity index (χ1n) is 12.1. The van der Waals surface area contributed by atoms with Crippen molar-refractivity contribution < 1.29 is 20.1 Å². The van der Waals surface area contributed by atoms with Gasteiger partial charge in [-0.2, -0.15) is 0 Å². The highest BCUT2D eigenvalue weighted by molar-refractivity contribution is 9.09. The molecule has 0 spiro atoms. The third-order valence-electron chi connectivity index (χ3n) is 6.98. The summed E-state index contributed by atoms with van der Waals surface area (Å²) in [4.78, 5) is 0. The molecule has 8 heteroatoms. The van der Waals surface area contributed by atoms with E-state index in [-0.39, 0.29) is 5.41 Å². The molecule has 0 aliphatic heterocycles. The van der Waals surface area contributed by atoms with Gasteiger partial charge in [0.15, 0.2) is 0 Å². The zero-order valence-corrected chi connectivity index (χ0v) is 22.3. The first-order valence-corrected chi connectivity index (χ1v) is 14.3. The Kier molecular flexibility index (Phi) is 10.5. The van der Waals surface area contributed by atoms with Crippen LogP contribution in [0.5, 0.6) is 0 Å². The summed E-state index contributed by atoms with van der Waals surface area (Å²) < 4.78 is 0. The van der Waals surface area contributed by atoms with E-state index in [1.165, 1.54) is 12.8 Å². The Labute approximate surface area is 215 Å². The molecule has 1 aliphatic carbocycles. The van der Waals surface area contributed by atoms with Crippen molar-refractivity contribution in [2.75, 3.05) is 10.7 Å². The number of fused-ring (bicyclic) bond motifs is 3. The van der Waals surface area contributed by atoms with Gasteiger partial charge in [0.05, 0.1) is 0 Å². The fourth-order valence-electron chi connectivity index (χ4n) is 5.26. The van der Waals surface area contributed by atoms with E-state index in [0.29, 0.717) is 10.9 Å². The lowest BCUT2D eigenvalue weighted by atomic mass is 9.67. The van der Waals surface area contributed by atoms with Gasteiger partial charge in [0, 0.05) is 16.1 Å². The van der Waals surface area contributed by atoms with Crippen LogP contribution >= 0.6 is 31.9 Å². The van der Waals surface area contributed by atoms with Crippen molar-refractivity contribution in [1.82, 2.24) is 0 Å². The Morgan fingerprint density at radius 2 is 0.970 bits per heavy atom. The van der Waals surface area contributed by atoms with Crippen LogP contribution < -0.4 is 10.9 Å². The SMILES string of the molecule is OB(O)c1ccc2c(c1)C(CCCCCCBr)(CCCCCCBr)c1cc(B(O)O)ccc1-2. The Morgan fingerprint density at radius 1 is 0.576 bits per heavy atom. The van der Waals surface area contributed by atoms with Crippen molar-refractivity contribution in [2.24, 2.45) is 0 Å². The lowest BCUT2D eigenvalue weighted by Crippen LogP contribution is -2.34. The molecule has 0 atom stereocenters. The molecule has 0 heterocycles. The number of alkyl halides is 2. The molecule has 178 valence electrons. The summed E-state index contributed by atoms with van der Waals surface area (Å²) in [5, 5.41) is 41.6. The Morgan fingerprint density at radius 3 is 1.33 bits per heavy atom. The van der Waals surface area contributed by atoms with Gasteiger partial charge in [-0.25, -0.2) is 0 Å². The standard InChI is InChI=1S/C25H34B2Br2O4/c28-15-7-3-1-5-13-25(14-6-2-4-8-16-29)23-17-19(26(30)31)9-11-21(23)22-12-10-20(27(32)33)18-24(22)25/h9-12,17-18,30-33H,1-8,13-16H2. The van der Waals surface area contributed by atoms with Crippen molar-refractivity contribution in [1.29, 1.82) is 0 Å². The monoisotopic (exact) mass is 578 g/mol. The van der Waals surface area contributed by atoms with Gasteiger partial charge < -0.3 is 20.1 Å². The van der Waals surface area contributed by atoms with E-state index < -0.39 is 14.2 Å². The van der Waals surface area contributed by atoms with Crippen LogP contribution in [0.1, 0.15) is 75.3 Å². The molecule has 4 N–H and O–H groups in total. The number of hydrogen-bond acceptors (Lipinski definition) is 4. The third kappa shape index (κ3) is 6.33. The lowest BCUT2D eigenvalue weighted by Gasteiger charge is -2.33. The lowest BCUT2D eigenvalue weighted by molar-refractivity contribution is 0.400. The molecular formula is C25H34B2Br2O4. The van der Waals surface area contributed by atoms with Crippen molar-refractivity contribution in [3.8, 4) is 11.1 Å². The summed E-state index contributed by atoms with van der Waals surface area (Å²) in [7, 11) is -3.02. The van der Waals surface area contributed by atoms with Gasteiger partial charge in [-0.05, 0) is 58.9 Å². The minimum absolute atomic E-state index is 0.261. The van der Waals surface area contributed by atoms with Crippen LogP contribution in [0.3, 0.4) is 0 Å². The van der Waals surface area contributed by atoms with E-state index >= 15 is 0 Å². The fourth-order valence-corrected chi connectivity index (χ4v) is 6.06. The minimum Gasteiger partial charge on any atom is -0.423 e. The van der Waals surface area contributed by atoms with E-state index in [1.807, 2.05) is 24.3 Å². The molecule has 0 radical (unpaired) electrons. The van der Waals surface area contributed by atoms with E-state index in [1.54, 1.807) is 12.1 Å². The molecule has 2 aromatic rings. The van der Waals surface area contributed by atoms with E-state index in [9.17, 15) is 20.1 Å². The van der Waals surface area contributed by atoms with Crippen LogP contribution in [-0.2, 0) is 5.41 Å². The van der Waals surface area contributed by atoms with Crippen LogP contribution in [0.25, 0.3) is 11.1 Å². The van der Waals surface area contributed by atoms with Gasteiger partial charge >= 0.3 is 14.2 Å². The number of benzene rings is 2. The second kappa shape index (κ2) is 12.9. The Balaban J connectivity index is 2.04. The fraction of sp³-hybridized carbons (Fsp3) is 0.520. The minimum atomic E-state index is -1.51. The second-order valence-electron chi connectivity index (χ2n) is 9.15. The van der Waals surface area contributed by atoms with Gasteiger partial charge in [-0.3, -0.25) is 0 Å². The van der Waals surface area contributed by atoms with Crippen LogP contribution in [0.4, 0.5) is 0 Å². The molecule has 0 unspecified atom stereocenters. The number of halogens is 2. The molecule has 0 aromatic heterocycles. The summed E-state index contributed by atoms with van der Waals surface area (Å²) in [5.74, 6) is 0. The molecule has 0 fully saturated rings. The largest absolute Gasteiger partial charge is 0.488 e. The molecule has 3 rings (SSSR count). The topological polar surface area (TPSA) is 80.9 Å². The van der Waals surface area contributed by atoms with Gasteiger partial charge in [-0.15, -0.1) is 0 Å².